The van der Waals surface area contributed by atoms with Crippen molar-refractivity contribution in [2.45, 2.75) is 6.42 Å². The molecule has 0 fully saturated rings. The first-order chi connectivity index (χ1) is 8.31. The molecule has 2 nitrogen and oxygen atoms in total. The second kappa shape index (κ2) is 5.18. The molecule has 0 aliphatic carbocycles. The van der Waals surface area contributed by atoms with Gasteiger partial charge in [-0.15, -0.1) is 0 Å². The highest BCUT2D eigenvalue weighted by Gasteiger charge is 1.99. The highest BCUT2D eigenvalue weighted by molar-refractivity contribution is 5.37. The zero-order chi connectivity index (χ0) is 12.1. The van der Waals surface area contributed by atoms with E-state index < -0.39 is 0 Å². The van der Waals surface area contributed by atoms with E-state index in [0.717, 1.165) is 17.7 Å². The van der Waals surface area contributed by atoms with E-state index in [1.165, 1.54) is 5.56 Å². The van der Waals surface area contributed by atoms with Crippen LogP contribution in [-0.2, 0) is 6.42 Å². The Kier molecular flexibility index (Phi) is 3.42. The Bertz CT molecular complexity index is 555. The van der Waals surface area contributed by atoms with E-state index in [2.05, 4.69) is 12.1 Å². The topological polar surface area (TPSA) is 33.0 Å². The molecular formula is C15H13NO. The lowest BCUT2D eigenvalue weighted by Crippen LogP contribution is -1.90. The summed E-state index contributed by atoms with van der Waals surface area (Å²) in [6.45, 7) is 0. The number of nitrogens with zero attached hydrogens (tertiary/aromatic N) is 1. The van der Waals surface area contributed by atoms with E-state index in [4.69, 9.17) is 10.00 Å². The van der Waals surface area contributed by atoms with Crippen LogP contribution in [-0.4, -0.2) is 7.11 Å². The first kappa shape index (κ1) is 11.2. The maximum atomic E-state index is 8.84. The van der Waals surface area contributed by atoms with Crippen LogP contribution in [0.4, 0.5) is 0 Å². The summed E-state index contributed by atoms with van der Waals surface area (Å²) in [6, 6.07) is 17.8. The minimum Gasteiger partial charge on any atom is -0.497 e. The summed E-state index contributed by atoms with van der Waals surface area (Å²) < 4.78 is 5.19. The molecule has 0 atom stereocenters. The Balaban J connectivity index is 2.22. The van der Waals surface area contributed by atoms with E-state index >= 15 is 0 Å². The lowest BCUT2D eigenvalue weighted by atomic mass is 10.0. The summed E-state index contributed by atoms with van der Waals surface area (Å²) in [7, 11) is 1.66. The molecule has 17 heavy (non-hydrogen) atoms. The molecule has 0 saturated carbocycles. The number of benzene rings is 2. The fourth-order valence-corrected chi connectivity index (χ4v) is 1.77. The van der Waals surface area contributed by atoms with Crippen molar-refractivity contribution in [1.29, 1.82) is 5.26 Å². The number of methoxy groups -OCH3 is 1. The molecule has 2 heteroatoms. The number of hydrogen-bond acceptors (Lipinski definition) is 2. The van der Waals surface area contributed by atoms with E-state index in [-0.39, 0.29) is 0 Å². The van der Waals surface area contributed by atoms with Crippen molar-refractivity contribution in [3.05, 3.63) is 65.2 Å². The molecule has 2 rings (SSSR count). The molecule has 0 bridgehead atoms. The third kappa shape index (κ3) is 2.85. The van der Waals surface area contributed by atoms with Crippen LogP contribution in [0.15, 0.2) is 48.5 Å². The Hall–Kier alpha value is -2.27. The van der Waals surface area contributed by atoms with Gasteiger partial charge in [0, 0.05) is 0 Å². The summed E-state index contributed by atoms with van der Waals surface area (Å²) in [5, 5.41) is 8.84. The Morgan fingerprint density at radius 3 is 2.47 bits per heavy atom. The molecule has 0 radical (unpaired) electrons. The molecule has 0 N–H and O–H groups in total. The molecule has 84 valence electrons. The first-order valence-electron chi connectivity index (χ1n) is 5.44. The highest BCUT2D eigenvalue weighted by atomic mass is 16.5. The predicted octanol–water partition coefficient (Wildman–Crippen LogP) is 3.16. The third-order valence-corrected chi connectivity index (χ3v) is 2.60. The number of nitriles is 1. The second-order valence-electron chi connectivity index (χ2n) is 3.84. The van der Waals surface area contributed by atoms with Gasteiger partial charge in [-0.3, -0.25) is 0 Å². The highest BCUT2D eigenvalue weighted by Crippen LogP contribution is 2.16. The number of hydrogen-bond donors (Lipinski definition) is 0. The maximum Gasteiger partial charge on any atom is 0.119 e. The molecule has 0 saturated heterocycles. The molecule has 0 heterocycles. The average molecular weight is 223 g/mol. The van der Waals surface area contributed by atoms with Crippen LogP contribution in [0.5, 0.6) is 5.75 Å². The quantitative estimate of drug-likeness (QED) is 0.800. The molecule has 0 unspecified atom stereocenters. The van der Waals surface area contributed by atoms with Crippen LogP contribution in [0, 0.1) is 11.3 Å². The van der Waals surface area contributed by atoms with Gasteiger partial charge >= 0.3 is 0 Å². The van der Waals surface area contributed by atoms with E-state index in [1.807, 2.05) is 42.5 Å². The molecule has 0 aliphatic heterocycles. The van der Waals surface area contributed by atoms with Gasteiger partial charge in [0.1, 0.15) is 5.75 Å². The van der Waals surface area contributed by atoms with Gasteiger partial charge in [-0.2, -0.15) is 5.26 Å². The fourth-order valence-electron chi connectivity index (χ4n) is 1.77. The smallest absolute Gasteiger partial charge is 0.119 e. The molecule has 0 aliphatic rings. The predicted molar refractivity (Wildman–Crippen MR) is 67.0 cm³/mol. The summed E-state index contributed by atoms with van der Waals surface area (Å²) >= 11 is 0. The van der Waals surface area contributed by atoms with E-state index in [1.54, 1.807) is 7.11 Å². The third-order valence-electron chi connectivity index (χ3n) is 2.60. The summed E-state index contributed by atoms with van der Waals surface area (Å²) in [6.07, 6.45) is 0.812. The van der Waals surface area contributed by atoms with Crippen LogP contribution in [0.2, 0.25) is 0 Å². The number of rotatable bonds is 3. The molecular weight excluding hydrogens is 210 g/mol. The lowest BCUT2D eigenvalue weighted by molar-refractivity contribution is 0.414. The zero-order valence-electron chi connectivity index (χ0n) is 9.68. The van der Waals surface area contributed by atoms with Crippen molar-refractivity contribution in [2.24, 2.45) is 0 Å². The lowest BCUT2D eigenvalue weighted by Gasteiger charge is -2.05. The molecule has 0 amide bonds. The Labute approximate surface area is 101 Å². The van der Waals surface area contributed by atoms with Gasteiger partial charge in [-0.05, 0) is 41.8 Å². The normalized spacial score (nSPS) is 9.65. The van der Waals surface area contributed by atoms with Gasteiger partial charge in [-0.1, -0.05) is 24.3 Å². The molecule has 0 spiro atoms. The van der Waals surface area contributed by atoms with Gasteiger partial charge in [0.05, 0.1) is 18.7 Å². The summed E-state index contributed by atoms with van der Waals surface area (Å²) in [5.41, 5.74) is 3.02. The van der Waals surface area contributed by atoms with Gasteiger partial charge in [0.2, 0.25) is 0 Å². The van der Waals surface area contributed by atoms with Gasteiger partial charge in [-0.25, -0.2) is 0 Å². The van der Waals surface area contributed by atoms with Crippen molar-refractivity contribution in [3.63, 3.8) is 0 Å². The van der Waals surface area contributed by atoms with Crippen LogP contribution in [0.3, 0.4) is 0 Å². The van der Waals surface area contributed by atoms with Crippen LogP contribution >= 0.6 is 0 Å². The minimum absolute atomic E-state index is 0.699. The van der Waals surface area contributed by atoms with Crippen molar-refractivity contribution >= 4 is 0 Å². The van der Waals surface area contributed by atoms with Crippen molar-refractivity contribution in [3.8, 4) is 11.8 Å². The van der Waals surface area contributed by atoms with Gasteiger partial charge in [0.25, 0.3) is 0 Å². The maximum absolute atomic E-state index is 8.84. The van der Waals surface area contributed by atoms with E-state index in [9.17, 15) is 0 Å². The Morgan fingerprint density at radius 2 is 1.76 bits per heavy atom. The largest absolute Gasteiger partial charge is 0.497 e. The monoisotopic (exact) mass is 223 g/mol. The molecule has 2 aromatic carbocycles. The number of ether oxygens (including phenoxy) is 1. The second-order valence-corrected chi connectivity index (χ2v) is 3.84. The van der Waals surface area contributed by atoms with Gasteiger partial charge < -0.3 is 4.74 Å². The van der Waals surface area contributed by atoms with Crippen LogP contribution < -0.4 is 4.74 Å². The minimum atomic E-state index is 0.699. The molecule has 0 aromatic heterocycles. The van der Waals surface area contributed by atoms with Gasteiger partial charge in [0.15, 0.2) is 0 Å². The van der Waals surface area contributed by atoms with Crippen LogP contribution in [0.1, 0.15) is 16.7 Å². The Morgan fingerprint density at radius 1 is 1.06 bits per heavy atom. The standard InChI is InChI=1S/C15H13NO/c1-17-15-7-3-5-13(10-15)8-12-4-2-6-14(9-12)11-16/h2-7,9-10H,8H2,1H3. The summed E-state index contributed by atoms with van der Waals surface area (Å²) in [4.78, 5) is 0. The van der Waals surface area contributed by atoms with Crippen LogP contribution in [0.25, 0.3) is 0 Å². The average Bonchev–Trinajstić information content (AvgIpc) is 2.39. The summed E-state index contributed by atoms with van der Waals surface area (Å²) in [5.74, 6) is 0.860. The van der Waals surface area contributed by atoms with Crippen molar-refractivity contribution in [1.82, 2.24) is 0 Å². The van der Waals surface area contributed by atoms with Crippen molar-refractivity contribution in [2.75, 3.05) is 7.11 Å². The SMILES string of the molecule is COc1cccc(Cc2cccc(C#N)c2)c1. The van der Waals surface area contributed by atoms with E-state index in [0.29, 0.717) is 5.56 Å². The van der Waals surface area contributed by atoms with Crippen molar-refractivity contribution < 1.29 is 4.74 Å². The molecule has 2 aromatic rings. The first-order valence-corrected chi connectivity index (χ1v) is 5.44. The zero-order valence-corrected chi connectivity index (χ0v) is 9.68. The fraction of sp³-hybridized carbons (Fsp3) is 0.133.